The molecule has 1 nitrogen and oxygen atoms in total. The molecule has 0 aliphatic heterocycles. The fourth-order valence-corrected chi connectivity index (χ4v) is 2.56. The molecule has 4 heteroatoms. The van der Waals surface area contributed by atoms with Gasteiger partial charge in [-0.05, 0) is 12.1 Å². The van der Waals surface area contributed by atoms with Gasteiger partial charge in [-0.2, -0.15) is 0 Å². The molecule has 1 aromatic heterocycles. The molecule has 2 rings (SSSR count). The lowest BCUT2D eigenvalue weighted by molar-refractivity contribution is 1.28. The van der Waals surface area contributed by atoms with E-state index in [2.05, 4.69) is 54.4 Å². The number of hydrogen-bond acceptors (Lipinski definition) is 2. The standard InChI is InChI=1S/C10H7Br2NS/c11-5-10-13-9(6-14-10)7-1-3-8(12)4-2-7/h1-4,6H,5H2. The van der Waals surface area contributed by atoms with E-state index in [1.807, 2.05) is 12.1 Å². The fraction of sp³-hybridized carbons (Fsp3) is 0.100. The Morgan fingerprint density at radius 2 is 1.93 bits per heavy atom. The Balaban J connectivity index is 2.34. The molecule has 0 bridgehead atoms. The van der Waals surface area contributed by atoms with E-state index in [-0.39, 0.29) is 0 Å². The van der Waals surface area contributed by atoms with Crippen molar-refractivity contribution in [2.45, 2.75) is 5.33 Å². The zero-order valence-electron chi connectivity index (χ0n) is 7.21. The first-order valence-corrected chi connectivity index (χ1v) is 6.85. The maximum Gasteiger partial charge on any atom is 0.104 e. The first kappa shape index (κ1) is 10.3. The third-order valence-corrected chi connectivity index (χ3v) is 4.09. The predicted octanol–water partition coefficient (Wildman–Crippen LogP) is 4.47. The van der Waals surface area contributed by atoms with Crippen LogP contribution in [-0.4, -0.2) is 4.98 Å². The van der Waals surface area contributed by atoms with Crippen molar-refractivity contribution in [3.05, 3.63) is 39.1 Å². The summed E-state index contributed by atoms with van der Waals surface area (Å²) in [5.74, 6) is 0. The SMILES string of the molecule is BrCc1nc(-c2ccc(Br)cc2)cs1. The maximum atomic E-state index is 4.48. The van der Waals surface area contributed by atoms with Crippen molar-refractivity contribution in [3.63, 3.8) is 0 Å². The molecular weight excluding hydrogens is 326 g/mol. The van der Waals surface area contributed by atoms with Gasteiger partial charge in [0.2, 0.25) is 0 Å². The topological polar surface area (TPSA) is 12.9 Å². The Bertz CT molecular complexity index is 422. The largest absolute Gasteiger partial charge is 0.240 e. The summed E-state index contributed by atoms with van der Waals surface area (Å²) in [6, 6.07) is 8.19. The van der Waals surface area contributed by atoms with Crippen molar-refractivity contribution in [1.29, 1.82) is 0 Å². The summed E-state index contributed by atoms with van der Waals surface area (Å²) < 4.78 is 1.09. The van der Waals surface area contributed by atoms with Crippen molar-refractivity contribution >= 4 is 43.2 Å². The van der Waals surface area contributed by atoms with E-state index in [1.165, 1.54) is 0 Å². The average Bonchev–Trinajstić information content (AvgIpc) is 2.67. The summed E-state index contributed by atoms with van der Waals surface area (Å²) in [6.07, 6.45) is 0. The molecule has 0 N–H and O–H groups in total. The number of aromatic nitrogens is 1. The molecule has 2 aromatic rings. The second-order valence-corrected chi connectivity index (χ2v) is 5.19. The van der Waals surface area contributed by atoms with Crippen molar-refractivity contribution in [3.8, 4) is 11.3 Å². The number of thiazole rings is 1. The monoisotopic (exact) mass is 331 g/mol. The molecule has 0 atom stereocenters. The van der Waals surface area contributed by atoms with E-state index in [4.69, 9.17) is 0 Å². The molecule has 0 radical (unpaired) electrons. The second-order valence-electron chi connectivity index (χ2n) is 2.77. The van der Waals surface area contributed by atoms with Gasteiger partial charge in [0.1, 0.15) is 5.01 Å². The maximum absolute atomic E-state index is 4.48. The van der Waals surface area contributed by atoms with Crippen LogP contribution < -0.4 is 0 Å². The highest BCUT2D eigenvalue weighted by atomic mass is 79.9. The van der Waals surface area contributed by atoms with E-state index < -0.39 is 0 Å². The Hall–Kier alpha value is -0.190. The molecule has 0 unspecified atom stereocenters. The van der Waals surface area contributed by atoms with E-state index in [0.29, 0.717) is 0 Å². The van der Waals surface area contributed by atoms with Crippen LogP contribution in [0.15, 0.2) is 34.1 Å². The molecule has 0 saturated heterocycles. The van der Waals surface area contributed by atoms with Crippen LogP contribution in [0.3, 0.4) is 0 Å². The van der Waals surface area contributed by atoms with Gasteiger partial charge in [0, 0.05) is 15.4 Å². The molecule has 1 heterocycles. The highest BCUT2D eigenvalue weighted by molar-refractivity contribution is 9.10. The van der Waals surface area contributed by atoms with Crippen LogP contribution in [0.2, 0.25) is 0 Å². The van der Waals surface area contributed by atoms with Crippen LogP contribution in [0.5, 0.6) is 0 Å². The fourth-order valence-electron chi connectivity index (χ4n) is 1.13. The van der Waals surface area contributed by atoms with Gasteiger partial charge in [-0.15, -0.1) is 11.3 Å². The first-order chi connectivity index (χ1) is 6.79. The Morgan fingerprint density at radius 1 is 1.21 bits per heavy atom. The molecule has 1 aromatic carbocycles. The first-order valence-electron chi connectivity index (χ1n) is 4.06. The zero-order valence-corrected chi connectivity index (χ0v) is 11.2. The minimum absolute atomic E-state index is 0.828. The number of hydrogen-bond donors (Lipinski definition) is 0. The average molecular weight is 333 g/mol. The highest BCUT2D eigenvalue weighted by Crippen LogP contribution is 2.24. The van der Waals surface area contributed by atoms with E-state index >= 15 is 0 Å². The second kappa shape index (κ2) is 4.55. The minimum atomic E-state index is 0.828. The van der Waals surface area contributed by atoms with Crippen LogP contribution in [0.4, 0.5) is 0 Å². The zero-order chi connectivity index (χ0) is 9.97. The van der Waals surface area contributed by atoms with Crippen LogP contribution >= 0.6 is 43.2 Å². The summed E-state index contributed by atoms with van der Waals surface area (Å²) in [5.41, 5.74) is 2.22. The number of nitrogens with zero attached hydrogens (tertiary/aromatic N) is 1. The lowest BCUT2D eigenvalue weighted by Gasteiger charge is -1.95. The predicted molar refractivity (Wildman–Crippen MR) is 67.9 cm³/mol. The van der Waals surface area contributed by atoms with Crippen LogP contribution in [-0.2, 0) is 5.33 Å². The normalized spacial score (nSPS) is 10.4. The Labute approximate surface area is 103 Å². The van der Waals surface area contributed by atoms with Crippen molar-refractivity contribution in [1.82, 2.24) is 4.98 Å². The van der Waals surface area contributed by atoms with Crippen molar-refractivity contribution in [2.24, 2.45) is 0 Å². The molecule has 0 amide bonds. The lowest BCUT2D eigenvalue weighted by Crippen LogP contribution is -1.78. The molecule has 0 spiro atoms. The number of alkyl halides is 1. The van der Waals surface area contributed by atoms with Gasteiger partial charge in [-0.3, -0.25) is 0 Å². The van der Waals surface area contributed by atoms with Gasteiger partial charge in [0.25, 0.3) is 0 Å². The summed E-state index contributed by atoms with van der Waals surface area (Å²) in [7, 11) is 0. The number of halogens is 2. The van der Waals surface area contributed by atoms with E-state index in [9.17, 15) is 0 Å². The Kier molecular flexibility index (Phi) is 3.36. The van der Waals surface area contributed by atoms with Gasteiger partial charge < -0.3 is 0 Å². The molecular formula is C10H7Br2NS. The van der Waals surface area contributed by atoms with E-state index in [1.54, 1.807) is 11.3 Å². The van der Waals surface area contributed by atoms with Crippen LogP contribution in [0.1, 0.15) is 5.01 Å². The number of rotatable bonds is 2. The van der Waals surface area contributed by atoms with Crippen LogP contribution in [0, 0.1) is 0 Å². The van der Waals surface area contributed by atoms with Crippen molar-refractivity contribution < 1.29 is 0 Å². The van der Waals surface area contributed by atoms with Gasteiger partial charge in [-0.1, -0.05) is 44.0 Å². The smallest absolute Gasteiger partial charge is 0.104 e. The summed E-state index contributed by atoms with van der Waals surface area (Å²) in [4.78, 5) is 4.48. The molecule has 0 aliphatic carbocycles. The highest BCUT2D eigenvalue weighted by Gasteiger charge is 2.02. The van der Waals surface area contributed by atoms with Crippen LogP contribution in [0.25, 0.3) is 11.3 Å². The van der Waals surface area contributed by atoms with Gasteiger partial charge in [-0.25, -0.2) is 4.98 Å². The van der Waals surface area contributed by atoms with Crippen molar-refractivity contribution in [2.75, 3.05) is 0 Å². The molecule has 0 fully saturated rings. The summed E-state index contributed by atoms with van der Waals surface area (Å²) >= 11 is 8.49. The minimum Gasteiger partial charge on any atom is -0.240 e. The van der Waals surface area contributed by atoms with Gasteiger partial charge >= 0.3 is 0 Å². The lowest BCUT2D eigenvalue weighted by atomic mass is 10.2. The van der Waals surface area contributed by atoms with E-state index in [0.717, 1.165) is 26.1 Å². The van der Waals surface area contributed by atoms with Gasteiger partial charge in [0.15, 0.2) is 0 Å². The summed E-state index contributed by atoms with van der Waals surface area (Å²) in [6.45, 7) is 0. The molecule has 0 aliphatic rings. The third kappa shape index (κ3) is 2.24. The number of benzene rings is 1. The quantitative estimate of drug-likeness (QED) is 0.739. The summed E-state index contributed by atoms with van der Waals surface area (Å²) in [5, 5.41) is 4.02. The molecule has 0 saturated carbocycles. The molecule has 72 valence electrons. The third-order valence-electron chi connectivity index (χ3n) is 1.81. The molecule has 14 heavy (non-hydrogen) atoms. The Morgan fingerprint density at radius 3 is 2.50 bits per heavy atom. The van der Waals surface area contributed by atoms with Gasteiger partial charge in [0.05, 0.1) is 11.0 Å².